The van der Waals surface area contributed by atoms with E-state index in [0.717, 1.165) is 18.7 Å². The maximum atomic E-state index is 12.2. The first-order valence-corrected chi connectivity index (χ1v) is 8.67. The molecule has 2 aromatic rings. The second kappa shape index (κ2) is 8.06. The molecule has 2 heterocycles. The second-order valence-electron chi connectivity index (χ2n) is 6.55. The van der Waals surface area contributed by atoms with E-state index in [9.17, 15) is 4.79 Å². The molecule has 0 unspecified atom stereocenters. The van der Waals surface area contributed by atoms with Gasteiger partial charge in [0, 0.05) is 12.2 Å². The number of carbonyl (C=O) groups is 1. The quantitative estimate of drug-likeness (QED) is 0.889. The maximum Gasteiger partial charge on any atom is 0.234 e. The van der Waals surface area contributed by atoms with E-state index >= 15 is 0 Å². The van der Waals surface area contributed by atoms with Crippen molar-refractivity contribution in [2.75, 3.05) is 13.1 Å². The minimum Gasteiger partial charge on any atom is -0.349 e. The Labute approximate surface area is 143 Å². The van der Waals surface area contributed by atoms with Crippen LogP contribution in [-0.4, -0.2) is 34.9 Å². The highest BCUT2D eigenvalue weighted by molar-refractivity contribution is 5.78. The van der Waals surface area contributed by atoms with E-state index in [1.807, 2.05) is 18.2 Å². The van der Waals surface area contributed by atoms with Crippen LogP contribution in [0.1, 0.15) is 29.7 Å². The summed E-state index contributed by atoms with van der Waals surface area (Å²) >= 11 is 0. The van der Waals surface area contributed by atoms with Crippen LogP contribution in [0.2, 0.25) is 0 Å². The van der Waals surface area contributed by atoms with Crippen LogP contribution in [0.15, 0.2) is 48.7 Å². The van der Waals surface area contributed by atoms with Crippen molar-refractivity contribution >= 4 is 5.91 Å². The lowest BCUT2D eigenvalue weighted by atomic mass is 10.0. The summed E-state index contributed by atoms with van der Waals surface area (Å²) in [5, 5.41) is 2.97. The molecule has 1 amide bonds. The van der Waals surface area contributed by atoms with Gasteiger partial charge in [-0.25, -0.2) is 0 Å². The maximum absolute atomic E-state index is 12.2. The van der Waals surface area contributed by atoms with Crippen molar-refractivity contribution in [1.82, 2.24) is 15.2 Å². The number of likely N-dealkylation sites (tertiary alicyclic amines) is 1. The summed E-state index contributed by atoms with van der Waals surface area (Å²) in [4.78, 5) is 18.8. The standard InChI is InChI=1S/C20H25N3O/c1-16-7-9-17(10-8-16)13-19-6-4-12-23(19)15-20(24)22-14-18-5-2-3-11-21-18/h2-3,5,7-11,19H,4,6,12-15H2,1H3,(H,22,24)/t19-/m0/s1. The Morgan fingerprint density at radius 1 is 1.25 bits per heavy atom. The van der Waals surface area contributed by atoms with Gasteiger partial charge in [0.2, 0.25) is 5.91 Å². The summed E-state index contributed by atoms with van der Waals surface area (Å²) < 4.78 is 0. The van der Waals surface area contributed by atoms with Gasteiger partial charge >= 0.3 is 0 Å². The molecule has 126 valence electrons. The zero-order chi connectivity index (χ0) is 16.8. The number of rotatable bonds is 6. The Bertz CT molecular complexity index is 654. The third kappa shape index (κ3) is 4.65. The minimum atomic E-state index is 0.0801. The van der Waals surface area contributed by atoms with Crippen LogP contribution in [0.5, 0.6) is 0 Å². The Morgan fingerprint density at radius 2 is 2.08 bits per heavy atom. The Kier molecular flexibility index (Phi) is 5.59. The first-order valence-electron chi connectivity index (χ1n) is 8.67. The van der Waals surface area contributed by atoms with Gasteiger partial charge in [-0.05, 0) is 50.4 Å². The van der Waals surface area contributed by atoms with Crippen molar-refractivity contribution in [2.24, 2.45) is 0 Å². The van der Waals surface area contributed by atoms with Crippen LogP contribution in [0.3, 0.4) is 0 Å². The SMILES string of the molecule is Cc1ccc(C[C@@H]2CCCN2CC(=O)NCc2ccccn2)cc1. The average Bonchev–Trinajstić information content (AvgIpc) is 3.03. The summed E-state index contributed by atoms with van der Waals surface area (Å²) in [6.07, 6.45) is 5.11. The summed E-state index contributed by atoms with van der Waals surface area (Å²) in [5.74, 6) is 0.0801. The average molecular weight is 323 g/mol. The van der Waals surface area contributed by atoms with Crippen LogP contribution >= 0.6 is 0 Å². The highest BCUT2D eigenvalue weighted by Gasteiger charge is 2.26. The van der Waals surface area contributed by atoms with Crippen molar-refractivity contribution in [2.45, 2.75) is 38.8 Å². The Morgan fingerprint density at radius 3 is 2.83 bits per heavy atom. The smallest absolute Gasteiger partial charge is 0.234 e. The number of hydrogen-bond acceptors (Lipinski definition) is 3. The molecule has 1 aromatic heterocycles. The molecule has 4 heteroatoms. The molecule has 24 heavy (non-hydrogen) atoms. The number of carbonyl (C=O) groups excluding carboxylic acids is 1. The van der Waals surface area contributed by atoms with Crippen LogP contribution in [0.25, 0.3) is 0 Å². The van der Waals surface area contributed by atoms with Gasteiger partial charge in [0.25, 0.3) is 0 Å². The van der Waals surface area contributed by atoms with Gasteiger partial charge in [0.05, 0.1) is 18.8 Å². The molecule has 0 saturated carbocycles. The van der Waals surface area contributed by atoms with Crippen molar-refractivity contribution in [1.29, 1.82) is 0 Å². The van der Waals surface area contributed by atoms with E-state index in [-0.39, 0.29) is 5.91 Å². The molecule has 0 aliphatic carbocycles. The molecule has 1 aliphatic heterocycles. The largest absolute Gasteiger partial charge is 0.349 e. The lowest BCUT2D eigenvalue weighted by Crippen LogP contribution is -2.40. The van der Waals surface area contributed by atoms with Gasteiger partial charge in [-0.15, -0.1) is 0 Å². The van der Waals surface area contributed by atoms with Gasteiger partial charge in [0.1, 0.15) is 0 Å². The number of hydrogen-bond donors (Lipinski definition) is 1. The summed E-state index contributed by atoms with van der Waals surface area (Å²) in [5.41, 5.74) is 3.53. The number of aromatic nitrogens is 1. The number of nitrogens with zero attached hydrogens (tertiary/aromatic N) is 2. The Hall–Kier alpha value is -2.20. The summed E-state index contributed by atoms with van der Waals surface area (Å²) in [7, 11) is 0. The number of aryl methyl sites for hydroxylation is 1. The number of benzene rings is 1. The van der Waals surface area contributed by atoms with Crippen molar-refractivity contribution in [3.63, 3.8) is 0 Å². The topological polar surface area (TPSA) is 45.2 Å². The predicted molar refractivity (Wildman–Crippen MR) is 95.6 cm³/mol. The van der Waals surface area contributed by atoms with Gasteiger partial charge < -0.3 is 5.32 Å². The van der Waals surface area contributed by atoms with Crippen molar-refractivity contribution in [3.8, 4) is 0 Å². The molecule has 1 aromatic carbocycles. The number of pyridine rings is 1. The molecule has 0 radical (unpaired) electrons. The van der Waals surface area contributed by atoms with Crippen LogP contribution < -0.4 is 5.32 Å². The molecule has 1 atom stereocenters. The molecule has 3 rings (SSSR count). The predicted octanol–water partition coefficient (Wildman–Crippen LogP) is 2.71. The molecule has 0 spiro atoms. The van der Waals surface area contributed by atoms with Crippen LogP contribution in [-0.2, 0) is 17.8 Å². The Balaban J connectivity index is 1.50. The third-order valence-electron chi connectivity index (χ3n) is 4.63. The van der Waals surface area contributed by atoms with E-state index < -0.39 is 0 Å². The molecule has 1 saturated heterocycles. The van der Waals surface area contributed by atoms with E-state index in [2.05, 4.69) is 46.4 Å². The number of amides is 1. The van der Waals surface area contributed by atoms with Gasteiger partial charge in [-0.3, -0.25) is 14.7 Å². The third-order valence-corrected chi connectivity index (χ3v) is 4.63. The fraction of sp³-hybridized carbons (Fsp3) is 0.400. The van der Waals surface area contributed by atoms with E-state index in [4.69, 9.17) is 0 Å². The summed E-state index contributed by atoms with van der Waals surface area (Å²) in [6, 6.07) is 14.9. The number of nitrogens with one attached hydrogen (secondary N) is 1. The lowest BCUT2D eigenvalue weighted by molar-refractivity contribution is -0.122. The highest BCUT2D eigenvalue weighted by Crippen LogP contribution is 2.21. The van der Waals surface area contributed by atoms with E-state index in [1.54, 1.807) is 6.20 Å². The van der Waals surface area contributed by atoms with Crippen LogP contribution in [0, 0.1) is 6.92 Å². The zero-order valence-electron chi connectivity index (χ0n) is 14.2. The molecule has 1 aliphatic rings. The normalized spacial score (nSPS) is 17.8. The van der Waals surface area contributed by atoms with Crippen molar-refractivity contribution < 1.29 is 4.79 Å². The highest BCUT2D eigenvalue weighted by atomic mass is 16.2. The van der Waals surface area contributed by atoms with Gasteiger partial charge in [-0.1, -0.05) is 35.9 Å². The van der Waals surface area contributed by atoms with Gasteiger partial charge in [0.15, 0.2) is 0 Å². The van der Waals surface area contributed by atoms with E-state index in [1.165, 1.54) is 24.0 Å². The first-order chi connectivity index (χ1) is 11.7. The fourth-order valence-electron chi connectivity index (χ4n) is 3.26. The molecule has 1 N–H and O–H groups in total. The fourth-order valence-corrected chi connectivity index (χ4v) is 3.26. The van der Waals surface area contributed by atoms with Gasteiger partial charge in [-0.2, -0.15) is 0 Å². The summed E-state index contributed by atoms with van der Waals surface area (Å²) in [6.45, 7) is 4.09. The minimum absolute atomic E-state index is 0.0801. The van der Waals surface area contributed by atoms with Crippen LogP contribution in [0.4, 0.5) is 0 Å². The first kappa shape index (κ1) is 16.7. The molecular formula is C20H25N3O. The molecular weight excluding hydrogens is 298 g/mol. The molecule has 0 bridgehead atoms. The second-order valence-corrected chi connectivity index (χ2v) is 6.55. The van der Waals surface area contributed by atoms with E-state index in [0.29, 0.717) is 19.1 Å². The molecule has 1 fully saturated rings. The monoisotopic (exact) mass is 323 g/mol. The molecule has 4 nitrogen and oxygen atoms in total. The zero-order valence-corrected chi connectivity index (χ0v) is 14.2. The lowest BCUT2D eigenvalue weighted by Gasteiger charge is -2.24. The van der Waals surface area contributed by atoms with Crippen molar-refractivity contribution in [3.05, 3.63) is 65.5 Å².